The van der Waals surface area contributed by atoms with Crippen molar-refractivity contribution in [2.75, 3.05) is 11.9 Å². The number of carbonyl (C=O) groups is 3. The molecule has 7 heteroatoms. The van der Waals surface area contributed by atoms with Gasteiger partial charge in [0.05, 0.1) is 11.8 Å². The first-order chi connectivity index (χ1) is 12.0. The fraction of sp³-hybridized carbons (Fsp3) is 0.389. The number of allylic oxidation sites excluding steroid dienone is 2. The van der Waals surface area contributed by atoms with Gasteiger partial charge < -0.3 is 5.32 Å². The van der Waals surface area contributed by atoms with E-state index in [0.717, 1.165) is 18.6 Å². The number of benzene rings is 1. The van der Waals surface area contributed by atoms with E-state index in [1.807, 2.05) is 12.2 Å². The van der Waals surface area contributed by atoms with Gasteiger partial charge in [0.25, 0.3) is 0 Å². The molecule has 2 fully saturated rings. The van der Waals surface area contributed by atoms with Crippen molar-refractivity contribution in [1.82, 2.24) is 4.90 Å². The van der Waals surface area contributed by atoms with E-state index in [-0.39, 0.29) is 54.1 Å². The van der Waals surface area contributed by atoms with Gasteiger partial charge in [-0.25, -0.2) is 8.78 Å². The number of carbonyl (C=O) groups excluding carboxylic acids is 3. The number of nitrogens with one attached hydrogen (secondary N) is 1. The molecule has 1 aromatic carbocycles. The first kappa shape index (κ1) is 15.9. The Bertz CT molecular complexity index is 778. The summed E-state index contributed by atoms with van der Waals surface area (Å²) in [7, 11) is 0. The summed E-state index contributed by atoms with van der Waals surface area (Å²) >= 11 is 0. The van der Waals surface area contributed by atoms with E-state index in [9.17, 15) is 23.2 Å². The number of hydrogen-bond acceptors (Lipinski definition) is 3. The smallest absolute Gasteiger partial charge is 0.233 e. The van der Waals surface area contributed by atoms with E-state index in [4.69, 9.17) is 0 Å². The number of halogens is 2. The second-order valence-electron chi connectivity index (χ2n) is 6.76. The normalized spacial score (nSPS) is 29.4. The minimum absolute atomic E-state index is 0.000380. The van der Waals surface area contributed by atoms with Crippen LogP contribution in [0, 0.1) is 35.3 Å². The Kier molecular flexibility index (Phi) is 3.67. The summed E-state index contributed by atoms with van der Waals surface area (Å²) in [5.74, 6) is -3.22. The molecule has 0 aromatic heterocycles. The minimum atomic E-state index is -1.06. The topological polar surface area (TPSA) is 66.5 Å². The van der Waals surface area contributed by atoms with Gasteiger partial charge >= 0.3 is 0 Å². The second kappa shape index (κ2) is 5.75. The lowest BCUT2D eigenvalue weighted by molar-refractivity contribution is -0.140. The molecule has 3 aliphatic rings. The lowest BCUT2D eigenvalue weighted by Crippen LogP contribution is -2.35. The average Bonchev–Trinajstić information content (AvgIpc) is 3.24. The highest BCUT2D eigenvalue weighted by Crippen LogP contribution is 2.52. The number of likely N-dealkylation sites (tertiary alicyclic amines) is 1. The maximum Gasteiger partial charge on any atom is 0.233 e. The molecule has 1 heterocycles. The highest BCUT2D eigenvalue weighted by atomic mass is 19.2. The number of hydrogen-bond donors (Lipinski definition) is 1. The first-order valence-electron chi connectivity index (χ1n) is 8.24. The second-order valence-corrected chi connectivity index (χ2v) is 6.76. The summed E-state index contributed by atoms with van der Waals surface area (Å²) in [6.07, 6.45) is 4.79. The fourth-order valence-electron chi connectivity index (χ4n) is 4.20. The highest BCUT2D eigenvalue weighted by Gasteiger charge is 2.58. The molecule has 1 aromatic rings. The number of anilines is 1. The molecule has 2 aliphatic carbocycles. The summed E-state index contributed by atoms with van der Waals surface area (Å²) in [6.45, 7) is -0.000380. The molecular formula is C18H16F2N2O3. The zero-order valence-electron chi connectivity index (χ0n) is 13.2. The maximum atomic E-state index is 13.1. The van der Waals surface area contributed by atoms with Gasteiger partial charge in [-0.1, -0.05) is 12.2 Å². The third-order valence-electron chi connectivity index (χ3n) is 5.33. The van der Waals surface area contributed by atoms with E-state index >= 15 is 0 Å². The SMILES string of the molecule is O=C(CCN1C(=O)[C@@H]2[C@H](C1=O)[C@H]1C=C[C@H]2C1)Nc1ccc(F)c(F)c1. The highest BCUT2D eigenvalue weighted by molar-refractivity contribution is 6.06. The van der Waals surface area contributed by atoms with Crippen molar-refractivity contribution in [3.63, 3.8) is 0 Å². The number of amides is 3. The summed E-state index contributed by atoms with van der Waals surface area (Å²) in [6, 6.07) is 3.05. The van der Waals surface area contributed by atoms with Crippen LogP contribution >= 0.6 is 0 Å². The van der Waals surface area contributed by atoms with Gasteiger partial charge in [-0.05, 0) is 30.4 Å². The van der Waals surface area contributed by atoms with Crippen molar-refractivity contribution in [3.8, 4) is 0 Å². The molecule has 2 bridgehead atoms. The molecule has 3 amide bonds. The molecule has 4 rings (SSSR count). The Labute approximate surface area is 142 Å². The summed E-state index contributed by atoms with van der Waals surface area (Å²) < 4.78 is 26.0. The molecule has 1 saturated heterocycles. The van der Waals surface area contributed by atoms with Gasteiger partial charge in [0.1, 0.15) is 0 Å². The van der Waals surface area contributed by atoms with Crippen molar-refractivity contribution in [2.24, 2.45) is 23.7 Å². The van der Waals surface area contributed by atoms with Crippen molar-refractivity contribution in [3.05, 3.63) is 42.0 Å². The Morgan fingerprint density at radius 2 is 1.72 bits per heavy atom. The third kappa shape index (κ3) is 2.54. The molecular weight excluding hydrogens is 330 g/mol. The van der Waals surface area contributed by atoms with Gasteiger partial charge in [-0.15, -0.1) is 0 Å². The van der Waals surface area contributed by atoms with Gasteiger partial charge in [0, 0.05) is 24.7 Å². The number of nitrogens with zero attached hydrogens (tertiary/aromatic N) is 1. The zero-order valence-corrected chi connectivity index (χ0v) is 13.2. The summed E-state index contributed by atoms with van der Waals surface area (Å²) in [4.78, 5) is 38.1. The Morgan fingerprint density at radius 1 is 1.08 bits per heavy atom. The van der Waals surface area contributed by atoms with Crippen LogP contribution in [0.4, 0.5) is 14.5 Å². The standard InChI is InChI=1S/C18H16F2N2O3/c19-12-4-3-11(8-13(12)20)21-14(23)5-6-22-17(24)15-9-1-2-10(7-9)16(15)18(22)25/h1-4,8-10,15-16H,5-7H2,(H,21,23)/t9-,10-,15-,16+/m0/s1. The lowest BCUT2D eigenvalue weighted by Gasteiger charge is -2.16. The van der Waals surface area contributed by atoms with Gasteiger partial charge in [-0.2, -0.15) is 0 Å². The molecule has 1 N–H and O–H groups in total. The average molecular weight is 346 g/mol. The monoisotopic (exact) mass is 346 g/mol. The molecule has 1 saturated carbocycles. The summed E-state index contributed by atoms with van der Waals surface area (Å²) in [5, 5.41) is 2.44. The molecule has 4 atom stereocenters. The van der Waals surface area contributed by atoms with Crippen molar-refractivity contribution in [2.45, 2.75) is 12.8 Å². The van der Waals surface area contributed by atoms with Gasteiger partial charge in [-0.3, -0.25) is 19.3 Å². The van der Waals surface area contributed by atoms with Crippen LogP contribution < -0.4 is 5.32 Å². The van der Waals surface area contributed by atoms with E-state index in [1.165, 1.54) is 11.0 Å². The van der Waals surface area contributed by atoms with Crippen LogP contribution in [-0.4, -0.2) is 29.2 Å². The van der Waals surface area contributed by atoms with Crippen LogP contribution in [0.5, 0.6) is 0 Å². The number of rotatable bonds is 4. The molecule has 25 heavy (non-hydrogen) atoms. The number of fused-ring (bicyclic) bond motifs is 5. The third-order valence-corrected chi connectivity index (χ3v) is 5.33. The zero-order chi connectivity index (χ0) is 17.7. The van der Waals surface area contributed by atoms with Gasteiger partial charge in [0.2, 0.25) is 17.7 Å². The van der Waals surface area contributed by atoms with Crippen LogP contribution in [0.2, 0.25) is 0 Å². The maximum absolute atomic E-state index is 13.1. The van der Waals surface area contributed by atoms with Gasteiger partial charge in [0.15, 0.2) is 11.6 Å². The molecule has 0 radical (unpaired) electrons. The Hall–Kier alpha value is -2.57. The predicted octanol–water partition coefficient (Wildman–Crippen LogP) is 2.10. The van der Waals surface area contributed by atoms with Crippen LogP contribution in [0.3, 0.4) is 0 Å². The molecule has 0 unspecified atom stereocenters. The Balaban J connectivity index is 1.37. The molecule has 5 nitrogen and oxygen atoms in total. The van der Waals surface area contributed by atoms with E-state index in [0.29, 0.717) is 0 Å². The predicted molar refractivity (Wildman–Crippen MR) is 84.0 cm³/mol. The van der Waals surface area contributed by atoms with Crippen LogP contribution in [-0.2, 0) is 14.4 Å². The Morgan fingerprint density at radius 3 is 2.32 bits per heavy atom. The van der Waals surface area contributed by atoms with E-state index in [2.05, 4.69) is 5.32 Å². The molecule has 130 valence electrons. The van der Waals surface area contributed by atoms with E-state index in [1.54, 1.807) is 0 Å². The van der Waals surface area contributed by atoms with Crippen LogP contribution in [0.1, 0.15) is 12.8 Å². The fourth-order valence-corrected chi connectivity index (χ4v) is 4.20. The summed E-state index contributed by atoms with van der Waals surface area (Å²) in [5.41, 5.74) is 0.127. The molecule has 0 spiro atoms. The van der Waals surface area contributed by atoms with Crippen molar-refractivity contribution < 1.29 is 23.2 Å². The van der Waals surface area contributed by atoms with Crippen LogP contribution in [0.25, 0.3) is 0 Å². The van der Waals surface area contributed by atoms with Crippen LogP contribution in [0.15, 0.2) is 30.4 Å². The minimum Gasteiger partial charge on any atom is -0.326 e. The van der Waals surface area contributed by atoms with E-state index < -0.39 is 17.5 Å². The van der Waals surface area contributed by atoms with Crippen molar-refractivity contribution in [1.29, 1.82) is 0 Å². The quantitative estimate of drug-likeness (QED) is 0.671. The first-order valence-corrected chi connectivity index (χ1v) is 8.24. The largest absolute Gasteiger partial charge is 0.326 e. The number of imide groups is 1. The van der Waals surface area contributed by atoms with Crippen molar-refractivity contribution >= 4 is 23.4 Å². The lowest BCUT2D eigenvalue weighted by atomic mass is 9.85. The molecule has 1 aliphatic heterocycles.